The van der Waals surface area contributed by atoms with Crippen LogP contribution in [0.1, 0.15) is 12.8 Å². The van der Waals surface area contributed by atoms with E-state index >= 15 is 0 Å². The van der Waals surface area contributed by atoms with Crippen molar-refractivity contribution in [3.63, 3.8) is 0 Å². The van der Waals surface area contributed by atoms with Gasteiger partial charge in [0.25, 0.3) is 5.56 Å². The highest BCUT2D eigenvalue weighted by molar-refractivity contribution is 7.89. The number of methoxy groups -OCH3 is 1. The molecule has 0 unspecified atom stereocenters. The summed E-state index contributed by atoms with van der Waals surface area (Å²) in [5.41, 5.74) is -1.77. The van der Waals surface area contributed by atoms with Crippen LogP contribution in [0.5, 0.6) is 0 Å². The standard InChI is InChI=1S/C11H15N3O6S/c1-20-10(16)7-3-2-4-14(6-7)21(18,19)8-5-12-11(17)13-9(8)15/h5,7H,2-4,6H2,1H3,(H2,12,13,15,17)/t7-/m0/s1. The van der Waals surface area contributed by atoms with Gasteiger partial charge in [-0.1, -0.05) is 0 Å². The van der Waals surface area contributed by atoms with E-state index in [4.69, 9.17) is 0 Å². The van der Waals surface area contributed by atoms with Crippen molar-refractivity contribution in [3.05, 3.63) is 27.0 Å². The molecule has 1 aliphatic rings. The highest BCUT2D eigenvalue weighted by Crippen LogP contribution is 2.22. The molecule has 2 rings (SSSR count). The first-order chi connectivity index (χ1) is 9.86. The number of aromatic amines is 2. The number of hydrogen-bond donors (Lipinski definition) is 2. The molecule has 21 heavy (non-hydrogen) atoms. The van der Waals surface area contributed by atoms with Gasteiger partial charge in [-0.25, -0.2) is 13.2 Å². The number of ether oxygens (including phenoxy) is 1. The molecule has 0 aliphatic carbocycles. The van der Waals surface area contributed by atoms with Crippen molar-refractivity contribution in [3.8, 4) is 0 Å². The second-order valence-corrected chi connectivity index (χ2v) is 6.57. The van der Waals surface area contributed by atoms with Gasteiger partial charge < -0.3 is 9.72 Å². The van der Waals surface area contributed by atoms with Crippen LogP contribution in [0.25, 0.3) is 0 Å². The largest absolute Gasteiger partial charge is 0.469 e. The number of carbonyl (C=O) groups excluding carboxylic acids is 1. The minimum absolute atomic E-state index is 0.0480. The van der Waals surface area contributed by atoms with Gasteiger partial charge in [0.05, 0.1) is 13.0 Å². The summed E-state index contributed by atoms with van der Waals surface area (Å²) in [6.07, 6.45) is 1.87. The van der Waals surface area contributed by atoms with Crippen LogP contribution in [0.3, 0.4) is 0 Å². The fourth-order valence-corrected chi connectivity index (χ4v) is 3.76. The first-order valence-electron chi connectivity index (χ1n) is 6.26. The molecular weight excluding hydrogens is 302 g/mol. The fourth-order valence-electron chi connectivity index (χ4n) is 2.25. The molecule has 116 valence electrons. The Balaban J connectivity index is 2.33. The van der Waals surface area contributed by atoms with Crippen molar-refractivity contribution in [2.45, 2.75) is 17.7 Å². The summed E-state index contributed by atoms with van der Waals surface area (Å²) in [7, 11) is -2.83. The number of rotatable bonds is 3. The molecule has 1 fully saturated rings. The van der Waals surface area contributed by atoms with Crippen molar-refractivity contribution >= 4 is 16.0 Å². The van der Waals surface area contributed by atoms with Crippen molar-refractivity contribution in [1.29, 1.82) is 0 Å². The predicted octanol–water partition coefficient (Wildman–Crippen LogP) is -1.36. The molecule has 1 aliphatic heterocycles. The number of aromatic nitrogens is 2. The number of hydrogen-bond acceptors (Lipinski definition) is 6. The molecule has 0 radical (unpaired) electrons. The van der Waals surface area contributed by atoms with Gasteiger partial charge in [-0.15, -0.1) is 0 Å². The molecule has 0 saturated carbocycles. The number of esters is 1. The zero-order valence-corrected chi connectivity index (χ0v) is 12.1. The van der Waals surface area contributed by atoms with Crippen molar-refractivity contribution in [1.82, 2.24) is 14.3 Å². The Bertz CT molecular complexity index is 750. The van der Waals surface area contributed by atoms with Crippen LogP contribution in [-0.4, -0.2) is 48.9 Å². The first-order valence-corrected chi connectivity index (χ1v) is 7.70. The Hall–Kier alpha value is -1.94. The van der Waals surface area contributed by atoms with E-state index in [9.17, 15) is 22.8 Å². The van der Waals surface area contributed by atoms with Crippen LogP contribution < -0.4 is 11.2 Å². The molecule has 10 heteroatoms. The number of nitrogens with one attached hydrogen (secondary N) is 2. The fraction of sp³-hybridized carbons (Fsp3) is 0.545. The van der Waals surface area contributed by atoms with Gasteiger partial charge in [0.2, 0.25) is 10.0 Å². The average Bonchev–Trinajstić information content (AvgIpc) is 2.46. The van der Waals surface area contributed by atoms with Gasteiger partial charge in [0, 0.05) is 19.3 Å². The summed E-state index contributed by atoms with van der Waals surface area (Å²) in [5, 5.41) is 0. The Morgan fingerprint density at radius 1 is 1.43 bits per heavy atom. The maximum absolute atomic E-state index is 12.4. The van der Waals surface area contributed by atoms with E-state index in [2.05, 4.69) is 9.72 Å². The normalized spacial score (nSPS) is 20.1. The lowest BCUT2D eigenvalue weighted by atomic mass is 10.0. The third-order valence-corrected chi connectivity index (χ3v) is 5.19. The minimum Gasteiger partial charge on any atom is -0.469 e. The molecule has 2 heterocycles. The van der Waals surface area contributed by atoms with Crippen LogP contribution >= 0.6 is 0 Å². The van der Waals surface area contributed by atoms with Gasteiger partial charge in [0.1, 0.15) is 0 Å². The quantitative estimate of drug-likeness (QED) is 0.662. The molecule has 1 aromatic heterocycles. The zero-order valence-electron chi connectivity index (χ0n) is 11.3. The summed E-state index contributed by atoms with van der Waals surface area (Å²) in [4.78, 5) is 37.5. The van der Waals surface area contributed by atoms with E-state index in [1.807, 2.05) is 4.98 Å². The van der Waals surface area contributed by atoms with E-state index < -0.39 is 38.1 Å². The molecule has 1 atom stereocenters. The Morgan fingerprint density at radius 3 is 2.76 bits per heavy atom. The molecule has 1 aromatic rings. The molecule has 1 saturated heterocycles. The van der Waals surface area contributed by atoms with Crippen LogP contribution in [-0.2, 0) is 19.6 Å². The maximum atomic E-state index is 12.4. The summed E-state index contributed by atoms with van der Waals surface area (Å²) >= 11 is 0. The van der Waals surface area contributed by atoms with Gasteiger partial charge in [-0.05, 0) is 12.8 Å². The van der Waals surface area contributed by atoms with Crippen molar-refractivity contribution in [2.24, 2.45) is 5.92 Å². The van der Waals surface area contributed by atoms with E-state index in [1.165, 1.54) is 7.11 Å². The van der Waals surface area contributed by atoms with Gasteiger partial charge in [-0.3, -0.25) is 14.6 Å². The average molecular weight is 317 g/mol. The highest BCUT2D eigenvalue weighted by Gasteiger charge is 2.35. The molecule has 2 N–H and O–H groups in total. The van der Waals surface area contributed by atoms with E-state index in [0.29, 0.717) is 12.8 Å². The summed E-state index contributed by atoms with van der Waals surface area (Å²) < 4.78 is 30.5. The van der Waals surface area contributed by atoms with Gasteiger partial charge in [-0.2, -0.15) is 4.31 Å². The molecule has 0 amide bonds. The smallest absolute Gasteiger partial charge is 0.325 e. The van der Waals surface area contributed by atoms with Crippen LogP contribution in [0.4, 0.5) is 0 Å². The lowest BCUT2D eigenvalue weighted by Crippen LogP contribution is -2.44. The van der Waals surface area contributed by atoms with E-state index in [-0.39, 0.29) is 13.1 Å². The third kappa shape index (κ3) is 3.05. The number of H-pyrrole nitrogens is 2. The Morgan fingerprint density at radius 2 is 2.14 bits per heavy atom. The highest BCUT2D eigenvalue weighted by atomic mass is 32.2. The van der Waals surface area contributed by atoms with Crippen molar-refractivity contribution in [2.75, 3.05) is 20.2 Å². The SMILES string of the molecule is COC(=O)[C@H]1CCCN(S(=O)(=O)c2c[nH]c(=O)[nH]c2=O)C1. The molecule has 0 spiro atoms. The molecule has 9 nitrogen and oxygen atoms in total. The summed E-state index contributed by atoms with van der Waals surface area (Å²) in [6.45, 7) is 0.155. The lowest BCUT2D eigenvalue weighted by molar-refractivity contribution is -0.146. The van der Waals surface area contributed by atoms with Crippen LogP contribution in [0, 0.1) is 5.92 Å². The summed E-state index contributed by atoms with van der Waals surface area (Å²) in [5.74, 6) is -1.04. The topological polar surface area (TPSA) is 129 Å². The summed E-state index contributed by atoms with van der Waals surface area (Å²) in [6, 6.07) is 0. The zero-order chi connectivity index (χ0) is 15.6. The van der Waals surface area contributed by atoms with Crippen LogP contribution in [0.2, 0.25) is 0 Å². The Labute approximate surface area is 120 Å². The van der Waals surface area contributed by atoms with Gasteiger partial charge >= 0.3 is 11.7 Å². The first kappa shape index (κ1) is 15.4. The maximum Gasteiger partial charge on any atom is 0.325 e. The van der Waals surface area contributed by atoms with E-state index in [0.717, 1.165) is 10.5 Å². The molecule has 0 aromatic carbocycles. The Kier molecular flexibility index (Phi) is 4.28. The number of piperidine rings is 1. The van der Waals surface area contributed by atoms with E-state index in [1.54, 1.807) is 0 Å². The third-order valence-electron chi connectivity index (χ3n) is 3.32. The lowest BCUT2D eigenvalue weighted by Gasteiger charge is -2.30. The second kappa shape index (κ2) is 5.82. The molecule has 0 bridgehead atoms. The monoisotopic (exact) mass is 317 g/mol. The van der Waals surface area contributed by atoms with Crippen molar-refractivity contribution < 1.29 is 17.9 Å². The van der Waals surface area contributed by atoms with Crippen LogP contribution in [0.15, 0.2) is 20.7 Å². The number of carbonyl (C=O) groups is 1. The number of nitrogens with zero attached hydrogens (tertiary/aromatic N) is 1. The van der Waals surface area contributed by atoms with Gasteiger partial charge in [0.15, 0.2) is 4.90 Å². The minimum atomic E-state index is -4.07. The second-order valence-electron chi connectivity index (χ2n) is 4.66. The number of sulfonamides is 1. The predicted molar refractivity (Wildman–Crippen MR) is 71.2 cm³/mol. The molecular formula is C11H15N3O6S.